The number of hydrazine groups is 1. The predicted octanol–water partition coefficient (Wildman–Crippen LogP) is 5.99. The van der Waals surface area contributed by atoms with Crippen LogP contribution in [0.4, 0.5) is 0 Å². The van der Waals surface area contributed by atoms with Crippen LogP contribution in [0, 0.1) is 34.5 Å². The second-order valence-electron chi connectivity index (χ2n) is 12.7. The van der Waals surface area contributed by atoms with Crippen molar-refractivity contribution in [2.24, 2.45) is 46.1 Å². The molecule has 36 heavy (non-hydrogen) atoms. The second-order valence-corrected chi connectivity index (χ2v) is 12.7. The topological polar surface area (TPSA) is 81.6 Å². The van der Waals surface area contributed by atoms with Crippen molar-refractivity contribution in [2.45, 2.75) is 79.9 Å². The van der Waals surface area contributed by atoms with Crippen molar-refractivity contribution < 1.29 is 9.53 Å². The van der Waals surface area contributed by atoms with Crippen molar-refractivity contribution in [2.75, 3.05) is 0 Å². The summed E-state index contributed by atoms with van der Waals surface area (Å²) in [7, 11) is 0. The molecule has 0 radical (unpaired) electrons. The zero-order valence-corrected chi connectivity index (χ0v) is 23.3. The highest BCUT2D eigenvalue weighted by molar-refractivity contribution is 5.93. The Balaban J connectivity index is 1.70. The SMILES string of the molecule is CC1=CC2C(=O)C3(C=C(C)C(N(N)/C=C(\N)C(C)(C)Oc4ccccc4)C3C1)[C@H](C)CC(C)C2(C)C. The number of para-hydroxylation sites is 1. The van der Waals surface area contributed by atoms with Crippen molar-refractivity contribution in [3.63, 3.8) is 0 Å². The lowest BCUT2D eigenvalue weighted by Crippen LogP contribution is -2.50. The van der Waals surface area contributed by atoms with Gasteiger partial charge in [0.25, 0.3) is 0 Å². The molecule has 0 aliphatic heterocycles. The maximum Gasteiger partial charge on any atom is 0.150 e. The predicted molar refractivity (Wildman–Crippen MR) is 147 cm³/mol. The van der Waals surface area contributed by atoms with Crippen molar-refractivity contribution in [1.29, 1.82) is 0 Å². The number of hydrogen-bond acceptors (Lipinski definition) is 5. The van der Waals surface area contributed by atoms with Crippen LogP contribution in [0.25, 0.3) is 0 Å². The lowest BCUT2D eigenvalue weighted by molar-refractivity contribution is -0.135. The highest BCUT2D eigenvalue weighted by Gasteiger charge is 2.61. The molecule has 3 aliphatic rings. The number of rotatable bonds is 5. The molecule has 1 saturated carbocycles. The summed E-state index contributed by atoms with van der Waals surface area (Å²) in [6, 6.07) is 9.56. The van der Waals surface area contributed by atoms with Gasteiger partial charge in [0.05, 0.1) is 17.2 Å². The van der Waals surface area contributed by atoms with E-state index in [1.165, 1.54) is 5.57 Å². The number of benzene rings is 1. The summed E-state index contributed by atoms with van der Waals surface area (Å²) < 4.78 is 6.19. The van der Waals surface area contributed by atoms with Gasteiger partial charge in [-0.1, -0.05) is 69.2 Å². The number of fused-ring (bicyclic) bond motifs is 1. The highest BCUT2D eigenvalue weighted by atomic mass is 16.5. The van der Waals surface area contributed by atoms with E-state index in [1.807, 2.05) is 50.4 Å². The summed E-state index contributed by atoms with van der Waals surface area (Å²) in [6.45, 7) is 17.3. The molecule has 1 aromatic rings. The third-order valence-corrected chi connectivity index (χ3v) is 9.65. The lowest BCUT2D eigenvalue weighted by atomic mass is 9.62. The summed E-state index contributed by atoms with van der Waals surface area (Å²) in [6.07, 6.45) is 8.22. The Morgan fingerprint density at radius 1 is 1.14 bits per heavy atom. The largest absolute Gasteiger partial charge is 0.482 e. The van der Waals surface area contributed by atoms with Crippen LogP contribution in [0.15, 0.2) is 65.5 Å². The molecule has 5 unspecified atom stereocenters. The number of hydrogen-bond donors (Lipinski definition) is 2. The van der Waals surface area contributed by atoms with Crippen LogP contribution in [0.1, 0.15) is 68.2 Å². The Kier molecular flexibility index (Phi) is 6.70. The molecule has 4 N–H and O–H groups in total. The van der Waals surface area contributed by atoms with Crippen LogP contribution in [-0.4, -0.2) is 22.4 Å². The number of allylic oxidation sites excluding steroid dienone is 3. The van der Waals surface area contributed by atoms with E-state index in [-0.39, 0.29) is 29.2 Å². The molecule has 0 aromatic heterocycles. The van der Waals surface area contributed by atoms with E-state index < -0.39 is 11.0 Å². The quantitative estimate of drug-likeness (QED) is 0.300. The van der Waals surface area contributed by atoms with Crippen LogP contribution in [0.2, 0.25) is 0 Å². The fourth-order valence-corrected chi connectivity index (χ4v) is 7.05. The highest BCUT2D eigenvalue weighted by Crippen LogP contribution is 2.61. The smallest absolute Gasteiger partial charge is 0.150 e. The molecule has 1 fully saturated rings. The molecular formula is C31H45N3O2. The molecule has 5 nitrogen and oxygen atoms in total. The molecule has 196 valence electrons. The van der Waals surface area contributed by atoms with Gasteiger partial charge in [-0.3, -0.25) is 4.79 Å². The van der Waals surface area contributed by atoms with Gasteiger partial charge in [-0.05, 0) is 69.9 Å². The minimum atomic E-state index is -0.748. The average Bonchev–Trinajstić information content (AvgIpc) is 3.01. The van der Waals surface area contributed by atoms with E-state index in [4.69, 9.17) is 16.3 Å². The van der Waals surface area contributed by atoms with Crippen molar-refractivity contribution in [1.82, 2.24) is 5.01 Å². The Morgan fingerprint density at radius 3 is 2.42 bits per heavy atom. The van der Waals surface area contributed by atoms with Gasteiger partial charge in [0.15, 0.2) is 5.78 Å². The maximum atomic E-state index is 14.5. The molecule has 0 amide bonds. The molecule has 4 rings (SSSR count). The molecular weight excluding hydrogens is 446 g/mol. The molecule has 1 aromatic carbocycles. The van der Waals surface area contributed by atoms with E-state index in [2.05, 4.69) is 53.7 Å². The van der Waals surface area contributed by atoms with Gasteiger partial charge in [-0.25, -0.2) is 5.84 Å². The average molecular weight is 492 g/mol. The van der Waals surface area contributed by atoms with Crippen LogP contribution < -0.4 is 16.3 Å². The first-order valence-corrected chi connectivity index (χ1v) is 13.4. The van der Waals surface area contributed by atoms with Gasteiger partial charge in [0.2, 0.25) is 0 Å². The van der Waals surface area contributed by atoms with Gasteiger partial charge in [0.1, 0.15) is 11.4 Å². The third-order valence-electron chi connectivity index (χ3n) is 9.65. The molecule has 3 aliphatic carbocycles. The molecule has 1 spiro atoms. The van der Waals surface area contributed by atoms with Crippen molar-refractivity contribution in [3.8, 4) is 5.75 Å². The molecule has 2 bridgehead atoms. The molecule has 0 heterocycles. The number of nitrogens with zero attached hydrogens (tertiary/aromatic N) is 1. The Bertz CT molecular complexity index is 1100. The standard InChI is InChI=1S/C31H45N3O2/c1-19-14-24-27(34(33)18-26(32)30(7,8)36-23-12-10-9-11-13-23)20(2)17-31(24)22(4)16-21(3)29(5,6)25(15-19)28(31)35/h9-13,15,17-18,21-22,24-25,27H,14,16,32-33H2,1-8H3/b26-18-/t21?,22-,24?,25?,27?,31?/m1/s1. The van der Waals surface area contributed by atoms with Crippen LogP contribution >= 0.6 is 0 Å². The number of ether oxygens (including phenoxy) is 1. The van der Waals surface area contributed by atoms with Crippen LogP contribution in [-0.2, 0) is 4.79 Å². The van der Waals surface area contributed by atoms with E-state index in [9.17, 15) is 4.79 Å². The van der Waals surface area contributed by atoms with E-state index in [0.29, 0.717) is 17.4 Å². The number of carbonyl (C=O) groups excluding carboxylic acids is 1. The zero-order chi connectivity index (χ0) is 26.6. The number of ketones is 1. The van der Waals surface area contributed by atoms with Gasteiger partial charge in [-0.15, -0.1) is 0 Å². The van der Waals surface area contributed by atoms with E-state index in [1.54, 1.807) is 5.01 Å². The molecule has 6 atom stereocenters. The molecule has 0 saturated heterocycles. The number of carbonyl (C=O) groups is 1. The Labute approximate surface area is 217 Å². The first-order chi connectivity index (χ1) is 16.7. The number of nitrogens with two attached hydrogens (primary N) is 2. The first-order valence-electron chi connectivity index (χ1n) is 13.4. The first kappa shape index (κ1) is 26.5. The summed E-state index contributed by atoms with van der Waals surface area (Å²) in [5.41, 5.74) is 8.20. The summed E-state index contributed by atoms with van der Waals surface area (Å²) in [5.74, 6) is 8.57. The van der Waals surface area contributed by atoms with Gasteiger partial charge >= 0.3 is 0 Å². The third kappa shape index (κ3) is 4.19. The zero-order valence-electron chi connectivity index (χ0n) is 23.3. The number of Topliss-reactive ketones (excluding diaryl/α,β-unsaturated/α-hetero) is 1. The monoisotopic (exact) mass is 491 g/mol. The van der Waals surface area contributed by atoms with Crippen LogP contribution in [0.5, 0.6) is 5.75 Å². The fourth-order valence-electron chi connectivity index (χ4n) is 7.05. The molecule has 5 heteroatoms. The van der Waals surface area contributed by atoms with E-state index >= 15 is 0 Å². The fraction of sp³-hybridized carbons (Fsp3) is 0.581. The minimum absolute atomic E-state index is 0.0644. The summed E-state index contributed by atoms with van der Waals surface area (Å²) in [4.78, 5) is 14.5. The lowest BCUT2D eigenvalue weighted by Gasteiger charge is -2.42. The van der Waals surface area contributed by atoms with Gasteiger partial charge in [0, 0.05) is 18.0 Å². The van der Waals surface area contributed by atoms with Crippen molar-refractivity contribution in [3.05, 3.63) is 65.5 Å². The normalized spacial score (nSPS) is 34.2. The summed E-state index contributed by atoms with van der Waals surface area (Å²) >= 11 is 0. The summed E-state index contributed by atoms with van der Waals surface area (Å²) in [5, 5.41) is 1.74. The van der Waals surface area contributed by atoms with E-state index in [0.717, 1.165) is 24.2 Å². The second kappa shape index (κ2) is 9.09. The Hall–Kier alpha value is -2.53. The van der Waals surface area contributed by atoms with Gasteiger partial charge in [-0.2, -0.15) is 0 Å². The minimum Gasteiger partial charge on any atom is -0.482 e. The van der Waals surface area contributed by atoms with Crippen LogP contribution in [0.3, 0.4) is 0 Å². The van der Waals surface area contributed by atoms with Crippen molar-refractivity contribution >= 4 is 5.78 Å². The Morgan fingerprint density at radius 2 is 1.78 bits per heavy atom. The van der Waals surface area contributed by atoms with Gasteiger partial charge < -0.3 is 15.5 Å². The maximum absolute atomic E-state index is 14.5.